The molecule has 0 saturated carbocycles. The molecule has 1 fully saturated rings. The molecule has 1 saturated heterocycles. The van der Waals surface area contributed by atoms with Crippen molar-refractivity contribution < 1.29 is 37.5 Å². The van der Waals surface area contributed by atoms with Crippen LogP contribution >= 0.6 is 9.03 Å². The molecule has 1 rings (SSSR count). The average Bonchev–Trinajstić information content (AvgIpc) is 2.34. The fourth-order valence-corrected chi connectivity index (χ4v) is 1.28. The van der Waals surface area contributed by atoms with Crippen molar-refractivity contribution in [3.05, 3.63) is 14.4 Å². The number of nitrogens with zero attached hydrogens (tertiary/aromatic N) is 2. The van der Waals surface area contributed by atoms with Gasteiger partial charge in [-0.3, -0.25) is 4.74 Å². The van der Waals surface area contributed by atoms with E-state index in [0.29, 0.717) is 6.54 Å². The molecule has 1 aliphatic rings. The number of carbonyl (C=O) groups is 1. The molecule has 1 aliphatic heterocycles. The molecule has 1 amide bonds. The summed E-state index contributed by atoms with van der Waals surface area (Å²) in [6, 6.07) is 0.266. The maximum Gasteiger partial charge on any atom is 0.0823 e. The monoisotopic (exact) mass is 261 g/mol. The Kier molecular flexibility index (Phi) is 8.77. The maximum absolute atomic E-state index is 10.7. The van der Waals surface area contributed by atoms with Gasteiger partial charge in [0.25, 0.3) is 0 Å². The molecule has 5 heteroatoms. The number of rotatable bonds is 1. The largest absolute Gasteiger partial charge is 0.365 e. The normalized spacial score (nSPS) is 20.7. The van der Waals surface area contributed by atoms with Gasteiger partial charge in [-0.05, 0) is 15.5 Å². The van der Waals surface area contributed by atoms with Crippen molar-refractivity contribution in [2.75, 3.05) is 13.1 Å². The average molecular weight is 261 g/mol. The van der Waals surface area contributed by atoms with Gasteiger partial charge in [0.1, 0.15) is 0 Å². The van der Waals surface area contributed by atoms with Crippen molar-refractivity contribution in [1.82, 2.24) is 4.90 Å². The summed E-state index contributed by atoms with van der Waals surface area (Å²) >= 11 is 0. The maximum atomic E-state index is 10.7. The van der Waals surface area contributed by atoms with Gasteiger partial charge in [-0.2, -0.15) is 0 Å². The third-order valence-corrected chi connectivity index (χ3v) is 2.06. The summed E-state index contributed by atoms with van der Waals surface area (Å²) in [5.74, 6) is -0.0992. The Morgan fingerprint density at radius 2 is 2.25 bits per heavy atom. The molecule has 1 radical (unpaired) electrons. The van der Waals surface area contributed by atoms with Gasteiger partial charge in [0.2, 0.25) is 0 Å². The van der Waals surface area contributed by atoms with Gasteiger partial charge in [-0.25, -0.2) is 0 Å². The predicted molar refractivity (Wildman–Crippen MR) is 47.5 cm³/mol. The Labute approximate surface area is 101 Å². The zero-order chi connectivity index (χ0) is 7.56. The molecule has 0 aliphatic carbocycles. The quantitative estimate of drug-likeness (QED) is 0.515. The SMILES string of the molecule is [CH2-]C(=O)N1CCC(N=P)C1.[CH3-].[Y]. The van der Waals surface area contributed by atoms with E-state index in [1.807, 2.05) is 0 Å². The molecule has 0 N–H and O–H groups in total. The van der Waals surface area contributed by atoms with Crippen molar-refractivity contribution >= 4 is 14.9 Å². The van der Waals surface area contributed by atoms with Crippen molar-refractivity contribution in [3.63, 3.8) is 0 Å². The van der Waals surface area contributed by atoms with Crippen LogP contribution in [0.1, 0.15) is 6.42 Å². The minimum absolute atomic E-state index is 0. The van der Waals surface area contributed by atoms with Crippen molar-refractivity contribution in [2.24, 2.45) is 4.74 Å². The first-order valence-corrected chi connectivity index (χ1v) is 3.66. The first-order chi connectivity index (χ1) is 4.74. The minimum atomic E-state index is -0.0992. The van der Waals surface area contributed by atoms with E-state index in [1.54, 1.807) is 4.90 Å². The van der Waals surface area contributed by atoms with E-state index in [-0.39, 0.29) is 52.1 Å². The zero-order valence-electron chi connectivity index (χ0n) is 7.29. The standard InChI is InChI=1S/C6H10N2OP.CH3.Y/c1-5(9)8-3-2-6(4-8)7-10;;/h6,10H,1-4H2;1H3;/q2*-1;. The van der Waals surface area contributed by atoms with E-state index in [2.05, 4.69) is 20.7 Å². The fraction of sp³-hybridized carbons (Fsp3) is 0.571. The molecule has 67 valence electrons. The van der Waals surface area contributed by atoms with Crippen molar-refractivity contribution in [1.29, 1.82) is 0 Å². The molecular weight excluding hydrogens is 248 g/mol. The number of carbonyl (C=O) groups excluding carboxylic acids is 1. The molecule has 1 heterocycles. The van der Waals surface area contributed by atoms with Gasteiger partial charge < -0.3 is 24.0 Å². The van der Waals surface area contributed by atoms with Crippen LogP contribution in [0.25, 0.3) is 0 Å². The van der Waals surface area contributed by atoms with Crippen LogP contribution in [0.15, 0.2) is 4.74 Å². The van der Waals surface area contributed by atoms with Crippen molar-refractivity contribution in [3.8, 4) is 0 Å². The molecule has 0 spiro atoms. The molecular formula is C7H13N2OPY-2. The molecule has 0 aromatic heterocycles. The van der Waals surface area contributed by atoms with Gasteiger partial charge in [0.05, 0.1) is 11.9 Å². The van der Waals surface area contributed by atoms with E-state index in [9.17, 15) is 4.79 Å². The Morgan fingerprint density at radius 1 is 1.67 bits per heavy atom. The summed E-state index contributed by atoms with van der Waals surface area (Å²) in [6.45, 7) is 4.83. The Morgan fingerprint density at radius 3 is 2.50 bits per heavy atom. The molecule has 0 aromatic rings. The molecule has 3 nitrogen and oxygen atoms in total. The molecule has 0 aromatic carbocycles. The van der Waals surface area contributed by atoms with Crippen LogP contribution in [0.5, 0.6) is 0 Å². The van der Waals surface area contributed by atoms with E-state index in [1.165, 1.54) is 0 Å². The van der Waals surface area contributed by atoms with Crippen LogP contribution in [0, 0.1) is 14.4 Å². The summed E-state index contributed by atoms with van der Waals surface area (Å²) < 4.78 is 3.90. The minimum Gasteiger partial charge on any atom is -0.365 e. The summed E-state index contributed by atoms with van der Waals surface area (Å²) in [5.41, 5.74) is 0. The summed E-state index contributed by atoms with van der Waals surface area (Å²) in [6.07, 6.45) is 0.949. The first-order valence-electron chi connectivity index (χ1n) is 3.21. The van der Waals surface area contributed by atoms with Gasteiger partial charge in [-0.15, -0.1) is 0 Å². The fourth-order valence-electron chi connectivity index (χ4n) is 1.07. The van der Waals surface area contributed by atoms with E-state index in [4.69, 9.17) is 0 Å². The smallest absolute Gasteiger partial charge is 0.0823 e. The van der Waals surface area contributed by atoms with Crippen molar-refractivity contribution in [2.45, 2.75) is 12.5 Å². The third-order valence-electron chi connectivity index (χ3n) is 1.70. The van der Waals surface area contributed by atoms with Crippen LogP contribution in [0.3, 0.4) is 0 Å². The van der Waals surface area contributed by atoms with Gasteiger partial charge in [0, 0.05) is 45.8 Å². The van der Waals surface area contributed by atoms with E-state index in [0.717, 1.165) is 13.0 Å². The van der Waals surface area contributed by atoms with Crippen LogP contribution in [0.2, 0.25) is 0 Å². The third kappa shape index (κ3) is 3.97. The van der Waals surface area contributed by atoms with E-state index >= 15 is 0 Å². The second-order valence-corrected chi connectivity index (χ2v) is 2.67. The van der Waals surface area contributed by atoms with Gasteiger partial charge in [-0.1, -0.05) is 0 Å². The zero-order valence-corrected chi connectivity index (χ0v) is 11.1. The Bertz CT molecular complexity index is 165. The summed E-state index contributed by atoms with van der Waals surface area (Å²) in [5, 5.41) is 0. The second kappa shape index (κ2) is 7.00. The predicted octanol–water partition coefficient (Wildman–Crippen LogP) is 1.20. The van der Waals surface area contributed by atoms with Crippen LogP contribution in [-0.2, 0) is 37.5 Å². The molecule has 1 atom stereocenters. The Balaban J connectivity index is 0. The Hall–Kier alpha value is 0.544. The van der Waals surface area contributed by atoms with Crippen LogP contribution < -0.4 is 0 Å². The number of hydrogen-bond acceptors (Lipinski definition) is 2. The van der Waals surface area contributed by atoms with Crippen LogP contribution in [-0.4, -0.2) is 29.9 Å². The number of likely N-dealkylation sites (tertiary alicyclic amines) is 1. The summed E-state index contributed by atoms with van der Waals surface area (Å²) in [4.78, 5) is 12.4. The second-order valence-electron chi connectivity index (χ2n) is 2.41. The van der Waals surface area contributed by atoms with Crippen LogP contribution in [0.4, 0.5) is 0 Å². The number of hydrogen-bond donors (Lipinski definition) is 0. The molecule has 12 heavy (non-hydrogen) atoms. The summed E-state index contributed by atoms with van der Waals surface area (Å²) in [7, 11) is 3.06. The van der Waals surface area contributed by atoms with Gasteiger partial charge >= 0.3 is 0 Å². The number of amides is 1. The molecule has 0 bridgehead atoms. The molecule has 1 unspecified atom stereocenters. The first kappa shape index (κ1) is 15.0. The van der Waals surface area contributed by atoms with Gasteiger partial charge in [0.15, 0.2) is 0 Å². The topological polar surface area (TPSA) is 32.7 Å². The van der Waals surface area contributed by atoms with E-state index < -0.39 is 0 Å².